The molecule has 0 radical (unpaired) electrons. The van der Waals surface area contributed by atoms with Crippen LogP contribution in [0.15, 0.2) is 41.9 Å². The Morgan fingerprint density at radius 2 is 2.26 bits per heavy atom. The molecular formula is C17H16ClFN4O4. The van der Waals surface area contributed by atoms with Gasteiger partial charge in [0.25, 0.3) is 5.91 Å². The average Bonchev–Trinajstić information content (AvgIpc) is 3.20. The second-order valence-electron chi connectivity index (χ2n) is 5.69. The first-order valence-electron chi connectivity index (χ1n) is 7.93. The average molecular weight is 395 g/mol. The minimum Gasteiger partial charge on any atom is -0.466 e. The number of amides is 1. The number of nitrogens with one attached hydrogen (secondary N) is 1. The quantitative estimate of drug-likeness (QED) is 0.718. The maximum absolute atomic E-state index is 13.8. The molecule has 8 nitrogen and oxygen atoms in total. The number of hydrogen-bond donors (Lipinski definition) is 2. The first-order valence-corrected chi connectivity index (χ1v) is 8.31. The molecule has 27 heavy (non-hydrogen) atoms. The van der Waals surface area contributed by atoms with Crippen LogP contribution in [0.25, 0.3) is 5.69 Å². The molecular weight excluding hydrogens is 379 g/mol. The van der Waals surface area contributed by atoms with Gasteiger partial charge in [0.1, 0.15) is 11.5 Å². The van der Waals surface area contributed by atoms with E-state index in [9.17, 15) is 14.0 Å². The number of benzene rings is 1. The molecule has 0 atom stereocenters. The van der Waals surface area contributed by atoms with Gasteiger partial charge in [-0.15, -0.1) is 0 Å². The van der Waals surface area contributed by atoms with E-state index < -0.39 is 17.7 Å². The van der Waals surface area contributed by atoms with Crippen LogP contribution in [0, 0.1) is 5.82 Å². The summed E-state index contributed by atoms with van der Waals surface area (Å²) in [5, 5.41) is 16.4. The van der Waals surface area contributed by atoms with E-state index in [4.69, 9.17) is 21.4 Å². The summed E-state index contributed by atoms with van der Waals surface area (Å²) >= 11 is 5.89. The number of aromatic nitrogens is 2. The van der Waals surface area contributed by atoms with Crippen molar-refractivity contribution in [2.45, 2.75) is 0 Å². The molecule has 0 saturated carbocycles. The predicted molar refractivity (Wildman–Crippen MR) is 94.9 cm³/mol. The van der Waals surface area contributed by atoms with Crippen LogP contribution in [-0.2, 0) is 14.3 Å². The number of carbonyl (C=O) groups excluding carboxylic acids is 2. The number of nitrogens with zero attached hydrogens (tertiary/aromatic N) is 3. The minimum absolute atomic E-state index is 0.0212. The van der Waals surface area contributed by atoms with E-state index in [0.29, 0.717) is 10.7 Å². The van der Waals surface area contributed by atoms with Crippen LogP contribution in [0.3, 0.4) is 0 Å². The topological polar surface area (TPSA) is 96.7 Å². The van der Waals surface area contributed by atoms with Crippen LogP contribution in [-0.4, -0.2) is 58.5 Å². The fourth-order valence-corrected chi connectivity index (χ4v) is 2.86. The molecule has 0 spiro atoms. The summed E-state index contributed by atoms with van der Waals surface area (Å²) in [5.41, 5.74) is 0.684. The fourth-order valence-electron chi connectivity index (χ4n) is 2.72. The largest absolute Gasteiger partial charge is 0.466 e. The lowest BCUT2D eigenvalue weighted by molar-refractivity contribution is -0.136. The number of halogens is 2. The minimum atomic E-state index is -0.689. The standard InChI is InChI=1S/C17H16ClFN4O4/c1-27-17(26)12-9-22(4-5-24)16(25)15(12)21-13-6-11(19)2-3-14(13)23-8-10(18)7-20-23/h2-3,6-8,21,24H,4-5,9H2,1H3. The third-order valence-corrected chi connectivity index (χ3v) is 4.16. The number of methoxy groups -OCH3 is 1. The maximum Gasteiger partial charge on any atom is 0.337 e. The van der Waals surface area contributed by atoms with Gasteiger partial charge in [-0.05, 0) is 18.2 Å². The third kappa shape index (κ3) is 3.79. The van der Waals surface area contributed by atoms with Gasteiger partial charge in [-0.1, -0.05) is 11.6 Å². The second-order valence-corrected chi connectivity index (χ2v) is 6.12. The van der Waals surface area contributed by atoms with Gasteiger partial charge in [0.15, 0.2) is 0 Å². The van der Waals surface area contributed by atoms with Gasteiger partial charge < -0.3 is 20.1 Å². The van der Waals surface area contributed by atoms with Crippen molar-refractivity contribution in [3.05, 3.63) is 52.7 Å². The summed E-state index contributed by atoms with van der Waals surface area (Å²) in [6.07, 6.45) is 2.93. The van der Waals surface area contributed by atoms with Gasteiger partial charge in [-0.25, -0.2) is 13.9 Å². The first-order chi connectivity index (χ1) is 12.9. The lowest BCUT2D eigenvalue weighted by Gasteiger charge is -2.16. The van der Waals surface area contributed by atoms with Crippen molar-refractivity contribution >= 4 is 29.2 Å². The Labute approximate surface area is 158 Å². The third-order valence-electron chi connectivity index (χ3n) is 3.97. The highest BCUT2D eigenvalue weighted by molar-refractivity contribution is 6.30. The zero-order valence-electron chi connectivity index (χ0n) is 14.3. The van der Waals surface area contributed by atoms with E-state index in [0.717, 1.165) is 0 Å². The first kappa shape index (κ1) is 18.9. The molecule has 10 heteroatoms. The summed E-state index contributed by atoms with van der Waals surface area (Å²) < 4.78 is 20.0. The zero-order valence-corrected chi connectivity index (χ0v) is 15.0. The molecule has 2 aromatic rings. The molecule has 1 aliphatic heterocycles. The number of hydrogen-bond acceptors (Lipinski definition) is 6. The van der Waals surface area contributed by atoms with E-state index in [1.165, 1.54) is 47.3 Å². The monoisotopic (exact) mass is 394 g/mol. The number of esters is 1. The van der Waals surface area contributed by atoms with Crippen molar-refractivity contribution in [2.24, 2.45) is 0 Å². The normalized spacial score (nSPS) is 14.1. The number of anilines is 1. The van der Waals surface area contributed by atoms with Crippen LogP contribution < -0.4 is 5.32 Å². The predicted octanol–water partition coefficient (Wildman–Crippen LogP) is 1.34. The smallest absolute Gasteiger partial charge is 0.337 e. The number of ether oxygens (including phenoxy) is 1. The Balaban J connectivity index is 2.03. The van der Waals surface area contributed by atoms with Crippen molar-refractivity contribution in [3.63, 3.8) is 0 Å². The Morgan fingerprint density at radius 3 is 2.89 bits per heavy atom. The Bertz CT molecular complexity index is 927. The number of β-amino-alcohol motifs (C(OH)–C–C–N with tert-alkyl or cyclic N) is 1. The number of aliphatic hydroxyl groups excluding tert-OH is 1. The molecule has 1 aromatic carbocycles. The molecule has 2 heterocycles. The van der Waals surface area contributed by atoms with Crippen molar-refractivity contribution in [3.8, 4) is 5.69 Å². The van der Waals surface area contributed by atoms with E-state index in [1.54, 1.807) is 0 Å². The Hall–Kier alpha value is -2.91. The van der Waals surface area contributed by atoms with Crippen LogP contribution in [0.4, 0.5) is 10.1 Å². The van der Waals surface area contributed by atoms with Crippen molar-refractivity contribution in [1.29, 1.82) is 0 Å². The highest BCUT2D eigenvalue weighted by Crippen LogP contribution is 2.28. The molecule has 0 unspecified atom stereocenters. The lowest BCUT2D eigenvalue weighted by Crippen LogP contribution is -2.31. The summed E-state index contributed by atoms with van der Waals surface area (Å²) in [7, 11) is 1.20. The SMILES string of the molecule is COC(=O)C1=C(Nc2cc(F)ccc2-n2cc(Cl)cn2)C(=O)N(CCO)C1. The van der Waals surface area contributed by atoms with Crippen LogP contribution >= 0.6 is 11.6 Å². The maximum atomic E-state index is 13.8. The van der Waals surface area contributed by atoms with Crippen LogP contribution in [0.5, 0.6) is 0 Å². The van der Waals surface area contributed by atoms with Gasteiger partial charge in [-0.2, -0.15) is 5.10 Å². The summed E-state index contributed by atoms with van der Waals surface area (Å²) in [6.45, 7) is -0.230. The van der Waals surface area contributed by atoms with Crippen LogP contribution in [0.2, 0.25) is 5.02 Å². The van der Waals surface area contributed by atoms with E-state index in [2.05, 4.69) is 10.4 Å². The van der Waals surface area contributed by atoms with Gasteiger partial charge in [-0.3, -0.25) is 4.79 Å². The molecule has 0 saturated heterocycles. The molecule has 1 amide bonds. The van der Waals surface area contributed by atoms with Gasteiger partial charge in [0.05, 0.1) is 48.4 Å². The highest BCUT2D eigenvalue weighted by Gasteiger charge is 2.34. The summed E-state index contributed by atoms with van der Waals surface area (Å²) in [5.74, 6) is -1.73. The fraction of sp³-hybridized carbons (Fsp3) is 0.235. The van der Waals surface area contributed by atoms with Crippen molar-refractivity contribution in [2.75, 3.05) is 32.1 Å². The van der Waals surface area contributed by atoms with Crippen LogP contribution in [0.1, 0.15) is 0 Å². The van der Waals surface area contributed by atoms with Gasteiger partial charge in [0, 0.05) is 12.7 Å². The zero-order chi connectivity index (χ0) is 19.6. The molecule has 3 rings (SSSR count). The summed E-state index contributed by atoms with van der Waals surface area (Å²) in [6, 6.07) is 3.87. The molecule has 142 valence electrons. The highest BCUT2D eigenvalue weighted by atomic mass is 35.5. The second kappa shape index (κ2) is 7.77. The van der Waals surface area contributed by atoms with E-state index in [-0.39, 0.29) is 36.7 Å². The number of aliphatic hydroxyl groups is 1. The molecule has 1 aliphatic rings. The van der Waals surface area contributed by atoms with Gasteiger partial charge >= 0.3 is 5.97 Å². The molecule has 0 aliphatic carbocycles. The Morgan fingerprint density at radius 1 is 1.48 bits per heavy atom. The molecule has 0 bridgehead atoms. The van der Waals surface area contributed by atoms with E-state index in [1.807, 2.05) is 0 Å². The molecule has 0 fully saturated rings. The lowest BCUT2D eigenvalue weighted by atomic mass is 10.2. The summed E-state index contributed by atoms with van der Waals surface area (Å²) in [4.78, 5) is 26.0. The number of carbonyl (C=O) groups is 2. The molecule has 1 aromatic heterocycles. The van der Waals surface area contributed by atoms with Crippen molar-refractivity contribution in [1.82, 2.24) is 14.7 Å². The van der Waals surface area contributed by atoms with Crippen molar-refractivity contribution < 1.29 is 23.8 Å². The van der Waals surface area contributed by atoms with E-state index >= 15 is 0 Å². The molecule has 2 N–H and O–H groups in total. The van der Waals surface area contributed by atoms with Gasteiger partial charge in [0.2, 0.25) is 0 Å². The Kier molecular flexibility index (Phi) is 5.43. The number of rotatable bonds is 6.